The van der Waals surface area contributed by atoms with Crippen molar-refractivity contribution in [3.63, 3.8) is 0 Å². The summed E-state index contributed by atoms with van der Waals surface area (Å²) in [5.74, 6) is 0. The summed E-state index contributed by atoms with van der Waals surface area (Å²) in [5.41, 5.74) is 1.95. The van der Waals surface area contributed by atoms with Crippen LogP contribution in [0, 0.1) is 5.41 Å². The Morgan fingerprint density at radius 1 is 1.24 bits per heavy atom. The number of hydrogen-bond acceptors (Lipinski definition) is 3. The fraction of sp³-hybridized carbons (Fsp3) is 0.765. The van der Waals surface area contributed by atoms with Crippen molar-refractivity contribution in [2.24, 2.45) is 5.41 Å². The Balaban J connectivity index is 2.63. The van der Waals surface area contributed by atoms with E-state index in [1.54, 1.807) is 11.3 Å². The third-order valence-electron chi connectivity index (χ3n) is 4.17. The van der Waals surface area contributed by atoms with Gasteiger partial charge in [-0.1, -0.05) is 13.8 Å². The van der Waals surface area contributed by atoms with Gasteiger partial charge in [-0.25, -0.2) is 0 Å². The lowest BCUT2D eigenvalue weighted by Gasteiger charge is -2.38. The standard InChI is InChI=1S/C17H31BrN2S/c1-7-17(8-2,12-19-16(3,4)5)13-20(6)10-14-9-15(18)21-11-14/h9,11,19H,7-8,10,12-13H2,1-6H3. The fourth-order valence-corrected chi connectivity index (χ4v) is 3.80. The zero-order valence-corrected chi connectivity index (χ0v) is 16.8. The second kappa shape index (κ2) is 8.09. The van der Waals surface area contributed by atoms with Crippen LogP contribution < -0.4 is 5.32 Å². The van der Waals surface area contributed by atoms with Crippen LogP contribution in [-0.2, 0) is 6.54 Å². The lowest BCUT2D eigenvalue weighted by atomic mass is 9.81. The maximum absolute atomic E-state index is 3.71. The van der Waals surface area contributed by atoms with Crippen LogP contribution in [0.25, 0.3) is 0 Å². The zero-order chi connectivity index (χ0) is 16.1. The second-order valence-electron chi connectivity index (χ2n) is 7.24. The number of halogens is 1. The largest absolute Gasteiger partial charge is 0.311 e. The second-order valence-corrected chi connectivity index (χ2v) is 9.53. The molecule has 1 aromatic rings. The molecule has 1 N–H and O–H groups in total. The summed E-state index contributed by atoms with van der Waals surface area (Å²) in [7, 11) is 2.24. The maximum Gasteiger partial charge on any atom is 0.0701 e. The summed E-state index contributed by atoms with van der Waals surface area (Å²) in [5, 5.41) is 5.95. The van der Waals surface area contributed by atoms with E-state index in [4.69, 9.17) is 0 Å². The van der Waals surface area contributed by atoms with E-state index in [2.05, 4.69) is 79.3 Å². The molecule has 1 rings (SSSR count). The van der Waals surface area contributed by atoms with Crippen molar-refractivity contribution < 1.29 is 0 Å². The third kappa shape index (κ3) is 6.81. The van der Waals surface area contributed by atoms with Gasteiger partial charge < -0.3 is 10.2 Å². The van der Waals surface area contributed by atoms with Gasteiger partial charge in [-0.3, -0.25) is 0 Å². The van der Waals surface area contributed by atoms with Gasteiger partial charge >= 0.3 is 0 Å². The number of thiophene rings is 1. The fourth-order valence-electron chi connectivity index (χ4n) is 2.60. The van der Waals surface area contributed by atoms with Crippen LogP contribution >= 0.6 is 27.3 Å². The lowest BCUT2D eigenvalue weighted by molar-refractivity contribution is 0.140. The molecule has 0 aliphatic heterocycles. The molecule has 0 amide bonds. The summed E-state index contributed by atoms with van der Waals surface area (Å²) < 4.78 is 1.22. The molecule has 1 heterocycles. The first-order valence-electron chi connectivity index (χ1n) is 7.86. The molecule has 0 bridgehead atoms. The Hall–Kier alpha value is 0.100. The van der Waals surface area contributed by atoms with Crippen LogP contribution in [0.5, 0.6) is 0 Å². The molecule has 4 heteroatoms. The molecule has 21 heavy (non-hydrogen) atoms. The van der Waals surface area contributed by atoms with Crippen molar-refractivity contribution in [1.82, 2.24) is 10.2 Å². The van der Waals surface area contributed by atoms with Crippen LogP contribution in [0.4, 0.5) is 0 Å². The van der Waals surface area contributed by atoms with E-state index in [-0.39, 0.29) is 5.54 Å². The monoisotopic (exact) mass is 374 g/mol. The van der Waals surface area contributed by atoms with E-state index in [0.717, 1.165) is 19.6 Å². The smallest absolute Gasteiger partial charge is 0.0701 e. The average molecular weight is 375 g/mol. The molecule has 0 aromatic carbocycles. The Labute approximate surface area is 143 Å². The predicted octanol–water partition coefficient (Wildman–Crippen LogP) is 5.14. The van der Waals surface area contributed by atoms with E-state index in [1.165, 1.54) is 22.2 Å². The summed E-state index contributed by atoms with van der Waals surface area (Å²) in [6.07, 6.45) is 2.43. The molecule has 0 saturated heterocycles. The molecule has 0 fully saturated rings. The molecule has 0 radical (unpaired) electrons. The van der Waals surface area contributed by atoms with Gasteiger partial charge in [-0.2, -0.15) is 0 Å². The number of nitrogens with one attached hydrogen (secondary N) is 1. The quantitative estimate of drug-likeness (QED) is 0.677. The van der Waals surface area contributed by atoms with Gasteiger partial charge in [0, 0.05) is 25.2 Å². The van der Waals surface area contributed by atoms with Gasteiger partial charge in [-0.05, 0) is 79.0 Å². The molecule has 0 atom stereocenters. The van der Waals surface area contributed by atoms with Crippen LogP contribution in [0.1, 0.15) is 53.0 Å². The van der Waals surface area contributed by atoms with E-state index >= 15 is 0 Å². The SMILES string of the molecule is CCC(CC)(CNC(C)(C)C)CN(C)Cc1csc(Br)c1. The summed E-state index contributed by atoms with van der Waals surface area (Å²) >= 11 is 5.31. The predicted molar refractivity (Wildman–Crippen MR) is 99.1 cm³/mol. The average Bonchev–Trinajstić information content (AvgIpc) is 2.79. The van der Waals surface area contributed by atoms with Gasteiger partial charge in [0.05, 0.1) is 3.79 Å². The van der Waals surface area contributed by atoms with Crippen molar-refractivity contribution in [3.8, 4) is 0 Å². The van der Waals surface area contributed by atoms with Gasteiger partial charge in [0.1, 0.15) is 0 Å². The number of hydrogen-bond donors (Lipinski definition) is 1. The molecular weight excluding hydrogens is 344 g/mol. The maximum atomic E-state index is 3.71. The highest BCUT2D eigenvalue weighted by Crippen LogP contribution is 2.29. The van der Waals surface area contributed by atoms with E-state index in [1.807, 2.05) is 0 Å². The minimum absolute atomic E-state index is 0.187. The molecule has 0 aliphatic rings. The summed E-state index contributed by atoms with van der Waals surface area (Å²) in [6, 6.07) is 2.23. The molecule has 0 spiro atoms. The van der Waals surface area contributed by atoms with Crippen molar-refractivity contribution in [2.75, 3.05) is 20.1 Å². The van der Waals surface area contributed by atoms with Crippen LogP contribution in [0.3, 0.4) is 0 Å². The normalized spacial score (nSPS) is 13.1. The lowest BCUT2D eigenvalue weighted by Crippen LogP contribution is -2.47. The highest BCUT2D eigenvalue weighted by molar-refractivity contribution is 9.11. The van der Waals surface area contributed by atoms with E-state index < -0.39 is 0 Å². The molecule has 1 aromatic heterocycles. The topological polar surface area (TPSA) is 15.3 Å². The Kier molecular flexibility index (Phi) is 7.38. The molecule has 0 unspecified atom stereocenters. The van der Waals surface area contributed by atoms with Crippen molar-refractivity contribution in [3.05, 3.63) is 20.8 Å². The highest BCUT2D eigenvalue weighted by atomic mass is 79.9. The number of nitrogens with zero attached hydrogens (tertiary/aromatic N) is 1. The van der Waals surface area contributed by atoms with Gasteiger partial charge in [-0.15, -0.1) is 11.3 Å². The first-order chi connectivity index (χ1) is 9.69. The minimum Gasteiger partial charge on any atom is -0.311 e. The Bertz CT molecular complexity index is 419. The molecule has 0 aliphatic carbocycles. The highest BCUT2D eigenvalue weighted by Gasteiger charge is 2.29. The van der Waals surface area contributed by atoms with Gasteiger partial charge in [0.15, 0.2) is 0 Å². The minimum atomic E-state index is 0.187. The summed E-state index contributed by atoms with van der Waals surface area (Å²) in [6.45, 7) is 14.6. The zero-order valence-electron chi connectivity index (χ0n) is 14.4. The van der Waals surface area contributed by atoms with E-state index in [9.17, 15) is 0 Å². The Morgan fingerprint density at radius 2 is 1.86 bits per heavy atom. The number of rotatable bonds is 8. The van der Waals surface area contributed by atoms with Crippen LogP contribution in [-0.4, -0.2) is 30.6 Å². The third-order valence-corrected chi connectivity index (χ3v) is 5.73. The van der Waals surface area contributed by atoms with Crippen LogP contribution in [0.2, 0.25) is 0 Å². The van der Waals surface area contributed by atoms with Crippen molar-refractivity contribution in [1.29, 1.82) is 0 Å². The van der Waals surface area contributed by atoms with E-state index in [0.29, 0.717) is 5.41 Å². The molecule has 0 saturated carbocycles. The van der Waals surface area contributed by atoms with Gasteiger partial charge in [0.2, 0.25) is 0 Å². The first-order valence-corrected chi connectivity index (χ1v) is 9.53. The summed E-state index contributed by atoms with van der Waals surface area (Å²) in [4.78, 5) is 2.46. The molecule has 2 nitrogen and oxygen atoms in total. The first kappa shape index (κ1) is 19.1. The van der Waals surface area contributed by atoms with Crippen LogP contribution in [0.15, 0.2) is 15.2 Å². The van der Waals surface area contributed by atoms with Crippen molar-refractivity contribution >= 4 is 27.3 Å². The molecule has 122 valence electrons. The molecular formula is C17H31BrN2S. The van der Waals surface area contributed by atoms with Crippen molar-refractivity contribution in [2.45, 2.75) is 59.5 Å². The Morgan fingerprint density at radius 3 is 2.29 bits per heavy atom. The van der Waals surface area contributed by atoms with Gasteiger partial charge in [0.25, 0.3) is 0 Å².